The Bertz CT molecular complexity index is 560. The summed E-state index contributed by atoms with van der Waals surface area (Å²) in [5.74, 6) is -0.529. The van der Waals surface area contributed by atoms with Crippen LogP contribution in [-0.4, -0.2) is 18.0 Å². The smallest absolute Gasteiger partial charge is 0.235 e. The topological polar surface area (TPSA) is 64.9 Å². The lowest BCUT2D eigenvalue weighted by molar-refractivity contribution is -0.122. The van der Waals surface area contributed by atoms with Crippen LogP contribution < -0.4 is 10.6 Å². The van der Waals surface area contributed by atoms with Crippen LogP contribution in [0.25, 0.3) is 0 Å². The summed E-state index contributed by atoms with van der Waals surface area (Å²) < 4.78 is 13.0. The molecular weight excluding hydrogens is 281 g/mol. The van der Waals surface area contributed by atoms with Crippen LogP contribution in [0.2, 0.25) is 0 Å². The second-order valence-electron chi connectivity index (χ2n) is 6.50. The van der Waals surface area contributed by atoms with Gasteiger partial charge in [0.15, 0.2) is 0 Å². The molecule has 5 heteroatoms. The molecule has 0 bridgehead atoms. The van der Waals surface area contributed by atoms with E-state index >= 15 is 0 Å². The quantitative estimate of drug-likeness (QED) is 0.849. The van der Waals surface area contributed by atoms with Crippen LogP contribution in [0, 0.1) is 23.1 Å². The van der Waals surface area contributed by atoms with Gasteiger partial charge >= 0.3 is 0 Å². The zero-order chi connectivity index (χ0) is 17.0. The van der Waals surface area contributed by atoms with Crippen LogP contribution in [-0.2, 0) is 10.3 Å². The number of nitrogens with zero attached hydrogens (tertiary/aromatic N) is 1. The molecule has 1 rings (SSSR count). The summed E-state index contributed by atoms with van der Waals surface area (Å²) in [5.41, 5.74) is -0.487. The fourth-order valence-corrected chi connectivity index (χ4v) is 1.91. The molecule has 1 atom stereocenters. The van der Waals surface area contributed by atoms with Crippen LogP contribution in [0.15, 0.2) is 24.3 Å². The number of rotatable bonds is 6. The van der Waals surface area contributed by atoms with E-state index in [1.165, 1.54) is 12.1 Å². The lowest BCUT2D eigenvalue weighted by Crippen LogP contribution is -2.53. The minimum atomic E-state index is -0.890. The lowest BCUT2D eigenvalue weighted by Gasteiger charge is -2.30. The summed E-state index contributed by atoms with van der Waals surface area (Å²) in [4.78, 5) is 12.1. The predicted octanol–water partition coefficient (Wildman–Crippen LogP) is 2.70. The molecule has 0 aliphatic rings. The minimum absolute atomic E-state index is 0.00607. The van der Waals surface area contributed by atoms with E-state index in [2.05, 4.69) is 16.7 Å². The third-order valence-corrected chi connectivity index (χ3v) is 4.04. The Morgan fingerprint density at radius 3 is 2.27 bits per heavy atom. The summed E-state index contributed by atoms with van der Waals surface area (Å²) in [6.07, 6.45) is 0. The largest absolute Gasteiger partial charge is 0.337 e. The maximum Gasteiger partial charge on any atom is 0.235 e. The fraction of sp³-hybridized carbons (Fsp3) is 0.529. The van der Waals surface area contributed by atoms with Gasteiger partial charge in [-0.2, -0.15) is 5.26 Å². The molecule has 0 aliphatic heterocycles. The second-order valence-corrected chi connectivity index (χ2v) is 6.50. The summed E-state index contributed by atoms with van der Waals surface area (Å²) in [7, 11) is 0. The van der Waals surface area contributed by atoms with E-state index in [9.17, 15) is 14.4 Å². The van der Waals surface area contributed by atoms with Crippen molar-refractivity contribution in [3.8, 4) is 6.07 Å². The first kappa shape index (κ1) is 18.1. The van der Waals surface area contributed by atoms with Gasteiger partial charge in [-0.15, -0.1) is 0 Å². The summed E-state index contributed by atoms with van der Waals surface area (Å²) in [6, 6.07) is 8.31. The van der Waals surface area contributed by atoms with Crippen molar-refractivity contribution in [3.63, 3.8) is 0 Å². The highest BCUT2D eigenvalue weighted by Gasteiger charge is 2.30. The number of carbonyl (C=O) groups excluding carboxylic acids is 1. The van der Waals surface area contributed by atoms with Crippen molar-refractivity contribution in [3.05, 3.63) is 35.6 Å². The van der Waals surface area contributed by atoms with E-state index in [1.54, 1.807) is 19.1 Å². The molecular formula is C17H24FN3O. The number of nitriles is 1. The number of nitrogens with one attached hydrogen (secondary N) is 2. The third-order valence-electron chi connectivity index (χ3n) is 4.04. The molecule has 0 heterocycles. The Hall–Kier alpha value is -1.93. The van der Waals surface area contributed by atoms with E-state index < -0.39 is 11.1 Å². The Kier molecular flexibility index (Phi) is 5.67. The van der Waals surface area contributed by atoms with Gasteiger partial charge in [-0.05, 0) is 44.4 Å². The van der Waals surface area contributed by atoms with Gasteiger partial charge in [0.1, 0.15) is 11.4 Å². The van der Waals surface area contributed by atoms with Gasteiger partial charge in [0.2, 0.25) is 5.91 Å². The average molecular weight is 305 g/mol. The Morgan fingerprint density at radius 1 is 1.27 bits per heavy atom. The number of carbonyl (C=O) groups is 1. The molecule has 2 N–H and O–H groups in total. The Morgan fingerprint density at radius 2 is 1.82 bits per heavy atom. The monoisotopic (exact) mass is 305 g/mol. The summed E-state index contributed by atoms with van der Waals surface area (Å²) in [5, 5.41) is 15.1. The molecule has 0 aromatic heterocycles. The number of amides is 1. The molecule has 1 amide bonds. The molecule has 0 spiro atoms. The van der Waals surface area contributed by atoms with Crippen LogP contribution in [0.4, 0.5) is 4.39 Å². The standard InChI is InChI=1S/C17H24FN3O/c1-12(2)17(5,11-19)21-15(22)10-20-16(3,4)13-6-8-14(18)9-7-13/h6-9,12,20H,10H2,1-5H3,(H,21,22). The van der Waals surface area contributed by atoms with Gasteiger partial charge < -0.3 is 5.32 Å². The Balaban J connectivity index is 2.67. The average Bonchev–Trinajstić information content (AvgIpc) is 2.45. The van der Waals surface area contributed by atoms with Crippen LogP contribution >= 0.6 is 0 Å². The fourth-order valence-electron chi connectivity index (χ4n) is 1.91. The molecule has 0 saturated heterocycles. The first-order valence-corrected chi connectivity index (χ1v) is 7.34. The molecule has 0 radical (unpaired) electrons. The molecule has 0 aliphatic carbocycles. The zero-order valence-electron chi connectivity index (χ0n) is 13.8. The van der Waals surface area contributed by atoms with Crippen molar-refractivity contribution in [2.24, 2.45) is 5.92 Å². The maximum absolute atomic E-state index is 13.0. The maximum atomic E-state index is 13.0. The number of hydrogen-bond donors (Lipinski definition) is 2. The number of benzene rings is 1. The summed E-state index contributed by atoms with van der Waals surface area (Å²) >= 11 is 0. The number of hydrogen-bond acceptors (Lipinski definition) is 3. The van der Waals surface area contributed by atoms with E-state index in [0.717, 1.165) is 5.56 Å². The first-order valence-electron chi connectivity index (χ1n) is 7.34. The van der Waals surface area contributed by atoms with Crippen LogP contribution in [0.5, 0.6) is 0 Å². The highest BCUT2D eigenvalue weighted by molar-refractivity contribution is 5.79. The molecule has 4 nitrogen and oxygen atoms in total. The van der Waals surface area contributed by atoms with Crippen molar-refractivity contribution in [1.82, 2.24) is 10.6 Å². The van der Waals surface area contributed by atoms with E-state index in [4.69, 9.17) is 0 Å². The highest BCUT2D eigenvalue weighted by atomic mass is 19.1. The first-order chi connectivity index (χ1) is 10.1. The van der Waals surface area contributed by atoms with Gasteiger partial charge in [-0.1, -0.05) is 26.0 Å². The van der Waals surface area contributed by atoms with Gasteiger partial charge in [0.25, 0.3) is 0 Å². The highest BCUT2D eigenvalue weighted by Crippen LogP contribution is 2.20. The molecule has 1 aromatic carbocycles. The van der Waals surface area contributed by atoms with E-state index in [-0.39, 0.29) is 24.2 Å². The second kappa shape index (κ2) is 6.89. The minimum Gasteiger partial charge on any atom is -0.337 e. The lowest BCUT2D eigenvalue weighted by atomic mass is 9.90. The molecule has 1 unspecified atom stereocenters. The molecule has 1 aromatic rings. The molecule has 120 valence electrons. The SMILES string of the molecule is CC(C)C(C)(C#N)NC(=O)CNC(C)(C)c1ccc(F)cc1. The van der Waals surface area contributed by atoms with Crippen molar-refractivity contribution in [2.75, 3.05) is 6.54 Å². The number of halogens is 1. The zero-order valence-corrected chi connectivity index (χ0v) is 13.8. The third kappa shape index (κ3) is 4.54. The molecule has 0 saturated carbocycles. The van der Waals surface area contributed by atoms with Gasteiger partial charge in [0, 0.05) is 5.54 Å². The van der Waals surface area contributed by atoms with Crippen molar-refractivity contribution in [1.29, 1.82) is 5.26 Å². The van der Waals surface area contributed by atoms with Crippen molar-refractivity contribution in [2.45, 2.75) is 45.7 Å². The molecule has 0 fully saturated rings. The molecule has 22 heavy (non-hydrogen) atoms. The van der Waals surface area contributed by atoms with Crippen LogP contribution in [0.1, 0.15) is 40.2 Å². The van der Waals surface area contributed by atoms with Gasteiger partial charge in [0.05, 0.1) is 12.6 Å². The normalized spacial score (nSPS) is 14.3. The van der Waals surface area contributed by atoms with Crippen molar-refractivity contribution < 1.29 is 9.18 Å². The van der Waals surface area contributed by atoms with Crippen molar-refractivity contribution >= 4 is 5.91 Å². The predicted molar refractivity (Wildman–Crippen MR) is 84.4 cm³/mol. The summed E-state index contributed by atoms with van der Waals surface area (Å²) in [6.45, 7) is 9.40. The van der Waals surface area contributed by atoms with Crippen LogP contribution in [0.3, 0.4) is 0 Å². The van der Waals surface area contributed by atoms with Gasteiger partial charge in [-0.3, -0.25) is 10.1 Å². The van der Waals surface area contributed by atoms with E-state index in [0.29, 0.717) is 0 Å². The van der Waals surface area contributed by atoms with E-state index in [1.807, 2.05) is 27.7 Å². The van der Waals surface area contributed by atoms with Gasteiger partial charge in [-0.25, -0.2) is 4.39 Å². The Labute approximate surface area is 131 Å².